The number of morpholine rings is 1. The van der Waals surface area contributed by atoms with Crippen LogP contribution in [0.4, 0.5) is 17.1 Å². The maximum absolute atomic E-state index is 13.1. The van der Waals surface area contributed by atoms with Crippen molar-refractivity contribution in [2.75, 3.05) is 54.0 Å². The molecule has 0 aromatic heterocycles. The molecule has 3 aromatic rings. The minimum absolute atomic E-state index is 0.175. The van der Waals surface area contributed by atoms with E-state index in [1.54, 1.807) is 24.3 Å². The minimum atomic E-state index is -3.69. The SMILES string of the molecule is O=C(COC(=O)/C=C/c1ccc(S(=O)(=O)N2CCc3ccccc32)cc1)Nc1ccc(N2CCOCC2)cc1. The lowest BCUT2D eigenvalue weighted by atomic mass is 10.2. The van der Waals surface area contributed by atoms with Gasteiger partial charge in [0.2, 0.25) is 0 Å². The van der Waals surface area contributed by atoms with Crippen LogP contribution in [0.1, 0.15) is 11.1 Å². The first-order valence-corrected chi connectivity index (χ1v) is 14.1. The second-order valence-corrected chi connectivity index (χ2v) is 11.0. The monoisotopic (exact) mass is 547 g/mol. The second kappa shape index (κ2) is 11.7. The Morgan fingerprint density at radius 1 is 0.923 bits per heavy atom. The molecule has 9 nitrogen and oxygen atoms in total. The van der Waals surface area contributed by atoms with Crippen LogP contribution in [0.3, 0.4) is 0 Å². The van der Waals surface area contributed by atoms with Gasteiger partial charge in [-0.05, 0) is 66.1 Å². The Labute approximate surface area is 227 Å². The van der Waals surface area contributed by atoms with Crippen molar-refractivity contribution in [2.24, 2.45) is 0 Å². The van der Waals surface area contributed by atoms with Crippen molar-refractivity contribution in [1.29, 1.82) is 0 Å². The molecular formula is C29H29N3O6S. The van der Waals surface area contributed by atoms with Crippen LogP contribution in [0.5, 0.6) is 0 Å². The van der Waals surface area contributed by atoms with E-state index in [2.05, 4.69) is 10.2 Å². The fraction of sp³-hybridized carbons (Fsp3) is 0.241. The fourth-order valence-corrected chi connectivity index (χ4v) is 6.06. The van der Waals surface area contributed by atoms with Crippen LogP contribution in [0.15, 0.2) is 83.8 Å². The average Bonchev–Trinajstić information content (AvgIpc) is 3.41. The molecule has 5 rings (SSSR count). The van der Waals surface area contributed by atoms with Crippen LogP contribution >= 0.6 is 0 Å². The number of benzene rings is 3. The van der Waals surface area contributed by atoms with Crippen molar-refractivity contribution in [2.45, 2.75) is 11.3 Å². The van der Waals surface area contributed by atoms with E-state index in [4.69, 9.17) is 9.47 Å². The highest BCUT2D eigenvalue weighted by Gasteiger charge is 2.30. The summed E-state index contributed by atoms with van der Waals surface area (Å²) in [5.41, 5.74) is 4.00. The Morgan fingerprint density at radius 3 is 2.38 bits per heavy atom. The van der Waals surface area contributed by atoms with Gasteiger partial charge in [-0.1, -0.05) is 30.3 Å². The van der Waals surface area contributed by atoms with Gasteiger partial charge in [-0.25, -0.2) is 13.2 Å². The molecule has 0 saturated carbocycles. The summed E-state index contributed by atoms with van der Waals surface area (Å²) < 4.78 is 38.1. The number of hydrogen-bond donors (Lipinski definition) is 1. The summed E-state index contributed by atoms with van der Waals surface area (Å²) in [6.45, 7) is 3.02. The highest BCUT2D eigenvalue weighted by molar-refractivity contribution is 7.92. The van der Waals surface area contributed by atoms with Gasteiger partial charge in [0.05, 0.1) is 23.8 Å². The van der Waals surface area contributed by atoms with E-state index in [0.29, 0.717) is 43.1 Å². The quantitative estimate of drug-likeness (QED) is 0.340. The van der Waals surface area contributed by atoms with E-state index in [9.17, 15) is 18.0 Å². The first-order chi connectivity index (χ1) is 18.9. The Morgan fingerprint density at radius 2 is 1.64 bits per heavy atom. The summed E-state index contributed by atoms with van der Waals surface area (Å²) in [7, 11) is -3.69. The average molecular weight is 548 g/mol. The summed E-state index contributed by atoms with van der Waals surface area (Å²) in [4.78, 5) is 26.7. The highest BCUT2D eigenvalue weighted by atomic mass is 32.2. The van der Waals surface area contributed by atoms with E-state index in [0.717, 1.165) is 24.3 Å². The van der Waals surface area contributed by atoms with Crippen LogP contribution < -0.4 is 14.5 Å². The van der Waals surface area contributed by atoms with Gasteiger partial charge in [0.25, 0.3) is 15.9 Å². The molecule has 2 heterocycles. The summed E-state index contributed by atoms with van der Waals surface area (Å²) in [6, 6.07) is 21.2. The predicted molar refractivity (Wildman–Crippen MR) is 149 cm³/mol. The largest absolute Gasteiger partial charge is 0.452 e. The molecule has 0 aliphatic carbocycles. The minimum Gasteiger partial charge on any atom is -0.452 e. The molecular weight excluding hydrogens is 518 g/mol. The van der Waals surface area contributed by atoms with Crippen molar-refractivity contribution in [1.82, 2.24) is 0 Å². The molecule has 0 radical (unpaired) electrons. The highest BCUT2D eigenvalue weighted by Crippen LogP contribution is 2.32. The fourth-order valence-electron chi connectivity index (χ4n) is 4.56. The number of rotatable bonds is 8. The normalized spacial score (nSPS) is 15.3. The standard InChI is InChI=1S/C29H29N3O6S/c33-28(30-24-8-10-25(11-9-24)31-17-19-37-20-18-31)21-38-29(34)14-7-22-5-12-26(13-6-22)39(35,36)32-16-15-23-3-1-2-4-27(23)32/h1-14H,15-21H2,(H,30,33)/b14-7+. The van der Waals surface area contributed by atoms with Crippen molar-refractivity contribution in [3.05, 3.63) is 90.0 Å². The third-order valence-corrected chi connectivity index (χ3v) is 8.42. The molecule has 39 heavy (non-hydrogen) atoms. The van der Waals surface area contributed by atoms with Gasteiger partial charge >= 0.3 is 5.97 Å². The Bertz CT molecular complexity index is 1460. The number of nitrogens with zero attached hydrogens (tertiary/aromatic N) is 2. The van der Waals surface area contributed by atoms with E-state index in [1.165, 1.54) is 28.6 Å². The van der Waals surface area contributed by atoms with Crippen molar-refractivity contribution in [3.8, 4) is 0 Å². The van der Waals surface area contributed by atoms with Gasteiger partial charge in [-0.15, -0.1) is 0 Å². The number of amides is 1. The van der Waals surface area contributed by atoms with E-state index in [-0.39, 0.29) is 4.90 Å². The molecule has 3 aromatic carbocycles. The second-order valence-electron chi connectivity index (χ2n) is 9.16. The van der Waals surface area contributed by atoms with Crippen LogP contribution in [0.2, 0.25) is 0 Å². The maximum Gasteiger partial charge on any atom is 0.331 e. The lowest BCUT2D eigenvalue weighted by Crippen LogP contribution is -2.36. The first-order valence-electron chi connectivity index (χ1n) is 12.7. The molecule has 1 N–H and O–H groups in total. The van der Waals surface area contributed by atoms with Gasteiger partial charge in [0, 0.05) is 37.1 Å². The zero-order valence-corrected chi connectivity index (χ0v) is 22.1. The topological polar surface area (TPSA) is 105 Å². The Hall–Kier alpha value is -4.15. The van der Waals surface area contributed by atoms with Crippen LogP contribution in [0, 0.1) is 0 Å². The molecule has 1 fully saturated rings. The molecule has 0 unspecified atom stereocenters. The number of sulfonamides is 1. The third-order valence-electron chi connectivity index (χ3n) is 6.60. The van der Waals surface area contributed by atoms with Gasteiger partial charge in [-0.3, -0.25) is 9.10 Å². The zero-order valence-electron chi connectivity index (χ0n) is 21.3. The van der Waals surface area contributed by atoms with Crippen LogP contribution in [0.25, 0.3) is 6.08 Å². The van der Waals surface area contributed by atoms with Gasteiger partial charge < -0.3 is 19.7 Å². The third kappa shape index (κ3) is 6.30. The van der Waals surface area contributed by atoms with Crippen molar-refractivity contribution >= 4 is 45.0 Å². The van der Waals surface area contributed by atoms with Crippen LogP contribution in [-0.2, 0) is 35.5 Å². The molecule has 2 aliphatic heterocycles. The lowest BCUT2D eigenvalue weighted by Gasteiger charge is -2.28. The van der Waals surface area contributed by atoms with E-state index < -0.39 is 28.5 Å². The molecule has 0 bridgehead atoms. The molecule has 0 atom stereocenters. The first kappa shape index (κ1) is 26.5. The van der Waals surface area contributed by atoms with Gasteiger partial charge in [0.15, 0.2) is 6.61 Å². The number of hydrogen-bond acceptors (Lipinski definition) is 7. The molecule has 202 valence electrons. The Kier molecular flexibility index (Phi) is 7.94. The summed E-state index contributed by atoms with van der Waals surface area (Å²) >= 11 is 0. The molecule has 2 aliphatic rings. The van der Waals surface area contributed by atoms with Crippen LogP contribution in [-0.4, -0.2) is 59.7 Å². The summed E-state index contributed by atoms with van der Waals surface area (Å²) in [5, 5.41) is 2.71. The molecule has 0 spiro atoms. The number of anilines is 3. The molecule has 1 amide bonds. The number of ether oxygens (including phenoxy) is 2. The predicted octanol–water partition coefficient (Wildman–Crippen LogP) is 3.47. The lowest BCUT2D eigenvalue weighted by molar-refractivity contribution is -0.142. The molecule has 1 saturated heterocycles. The van der Waals surface area contributed by atoms with Crippen molar-refractivity contribution < 1.29 is 27.5 Å². The zero-order chi connectivity index (χ0) is 27.2. The number of esters is 1. The van der Waals surface area contributed by atoms with Gasteiger partial charge in [-0.2, -0.15) is 0 Å². The summed E-state index contributed by atoms with van der Waals surface area (Å²) in [5.74, 6) is -1.13. The number of carbonyl (C=O) groups is 2. The number of carbonyl (C=O) groups excluding carboxylic acids is 2. The van der Waals surface area contributed by atoms with Gasteiger partial charge in [0.1, 0.15) is 0 Å². The number of fused-ring (bicyclic) bond motifs is 1. The molecule has 10 heteroatoms. The smallest absolute Gasteiger partial charge is 0.331 e. The number of para-hydroxylation sites is 1. The maximum atomic E-state index is 13.1. The van der Waals surface area contributed by atoms with Crippen molar-refractivity contribution in [3.63, 3.8) is 0 Å². The number of nitrogens with one attached hydrogen (secondary N) is 1. The van der Waals surface area contributed by atoms with E-state index >= 15 is 0 Å². The Balaban J connectivity index is 1.10. The summed E-state index contributed by atoms with van der Waals surface area (Å²) in [6.07, 6.45) is 3.38. The van der Waals surface area contributed by atoms with E-state index in [1.807, 2.05) is 36.4 Å².